The summed E-state index contributed by atoms with van der Waals surface area (Å²) in [6, 6.07) is 4.96. The molecule has 3 N–H and O–H groups in total. The second kappa shape index (κ2) is 7.06. The van der Waals surface area contributed by atoms with Crippen molar-refractivity contribution in [3.8, 4) is 0 Å². The number of carbonyl (C=O) groups is 1. The fourth-order valence-electron chi connectivity index (χ4n) is 2.75. The van der Waals surface area contributed by atoms with Crippen LogP contribution in [0.1, 0.15) is 50.4 Å². The summed E-state index contributed by atoms with van der Waals surface area (Å²) in [6.45, 7) is 4.94. The molecule has 0 unspecified atom stereocenters. The molecule has 1 aromatic heterocycles. The smallest absolute Gasteiger partial charge is 0.275 e. The molecule has 1 aromatic rings. The van der Waals surface area contributed by atoms with Crippen molar-refractivity contribution in [1.82, 2.24) is 5.32 Å². The Morgan fingerprint density at radius 2 is 2.32 bits per heavy atom. The van der Waals surface area contributed by atoms with Crippen molar-refractivity contribution in [2.24, 2.45) is 5.92 Å². The van der Waals surface area contributed by atoms with Gasteiger partial charge in [-0.1, -0.05) is 25.8 Å². The van der Waals surface area contributed by atoms with Crippen molar-refractivity contribution in [2.45, 2.75) is 51.6 Å². The minimum absolute atomic E-state index is 0.183. The number of carbonyl (C=O) groups excluding carboxylic acids is 1. The highest BCUT2D eigenvalue weighted by Crippen LogP contribution is 2.23. The van der Waals surface area contributed by atoms with Crippen LogP contribution in [0.15, 0.2) is 17.5 Å². The summed E-state index contributed by atoms with van der Waals surface area (Å²) < 4.78 is 0. The maximum Gasteiger partial charge on any atom is 0.275 e. The molecule has 1 saturated carbocycles. The lowest BCUT2D eigenvalue weighted by atomic mass is 9.86. The first kappa shape index (κ1) is 14.5. The van der Waals surface area contributed by atoms with Crippen LogP contribution in [0, 0.1) is 5.92 Å². The molecule has 3 atom stereocenters. The number of amides is 1. The van der Waals surface area contributed by atoms with Gasteiger partial charge in [0.2, 0.25) is 0 Å². The zero-order chi connectivity index (χ0) is 13.7. The molecule has 0 spiro atoms. The number of hydrogen-bond donors (Lipinski definition) is 2. The molecule has 19 heavy (non-hydrogen) atoms. The van der Waals surface area contributed by atoms with Crippen LogP contribution in [0.3, 0.4) is 0 Å². The monoisotopic (exact) mass is 281 g/mol. The van der Waals surface area contributed by atoms with Crippen LogP contribution in [0.5, 0.6) is 0 Å². The lowest BCUT2D eigenvalue weighted by Gasteiger charge is -2.29. The lowest BCUT2D eigenvalue weighted by Crippen LogP contribution is -2.87. The second-order valence-electron chi connectivity index (χ2n) is 5.68. The fourth-order valence-corrected chi connectivity index (χ4v) is 3.53. The maximum atomic E-state index is 12.0. The first-order chi connectivity index (χ1) is 9.16. The summed E-state index contributed by atoms with van der Waals surface area (Å²) in [5.41, 5.74) is 0. The Morgan fingerprint density at radius 1 is 1.53 bits per heavy atom. The highest BCUT2D eigenvalue weighted by Gasteiger charge is 2.23. The Hall–Kier alpha value is -0.870. The van der Waals surface area contributed by atoms with E-state index in [0.29, 0.717) is 24.5 Å². The number of nitrogens with one attached hydrogen (secondary N) is 1. The number of hydrogen-bond acceptors (Lipinski definition) is 2. The summed E-state index contributed by atoms with van der Waals surface area (Å²) in [6.07, 6.45) is 4.97. The van der Waals surface area contributed by atoms with E-state index in [1.54, 1.807) is 11.3 Å². The molecule has 2 rings (SSSR count). The Balaban J connectivity index is 1.72. The molecule has 4 heteroatoms. The minimum Gasteiger partial charge on any atom is -0.348 e. The average molecular weight is 281 g/mol. The standard InChI is InChI=1S/C15H24N2OS/c1-11-6-3-4-7-13(11)17-15(18)10-16-12(2)14-8-5-9-19-14/h5,8-9,11-13,16H,3-4,6-7,10H2,1-2H3,(H,17,18)/p+1/t11-,12-,13-/m0/s1. The molecule has 0 aromatic carbocycles. The summed E-state index contributed by atoms with van der Waals surface area (Å²) in [4.78, 5) is 13.3. The molecule has 1 aliphatic rings. The molecule has 3 nitrogen and oxygen atoms in total. The summed E-state index contributed by atoms with van der Waals surface area (Å²) in [5.74, 6) is 0.814. The van der Waals surface area contributed by atoms with Crippen LogP contribution in [0.2, 0.25) is 0 Å². The Labute approximate surface area is 119 Å². The van der Waals surface area contributed by atoms with Crippen molar-refractivity contribution in [2.75, 3.05) is 6.54 Å². The van der Waals surface area contributed by atoms with Crippen LogP contribution in [-0.2, 0) is 4.79 Å². The Morgan fingerprint density at radius 3 is 3.00 bits per heavy atom. The Bertz CT molecular complexity index is 391. The van der Waals surface area contributed by atoms with Gasteiger partial charge in [0.1, 0.15) is 6.04 Å². The van der Waals surface area contributed by atoms with E-state index in [4.69, 9.17) is 0 Å². The molecular formula is C15H25N2OS+. The summed E-state index contributed by atoms with van der Waals surface area (Å²) >= 11 is 1.76. The number of rotatable bonds is 5. The van der Waals surface area contributed by atoms with Crippen LogP contribution in [0.4, 0.5) is 0 Å². The fraction of sp³-hybridized carbons (Fsp3) is 0.667. The van der Waals surface area contributed by atoms with Crippen LogP contribution in [-0.4, -0.2) is 18.5 Å². The van der Waals surface area contributed by atoms with Gasteiger partial charge >= 0.3 is 0 Å². The number of quaternary nitrogens is 1. The average Bonchev–Trinajstić information content (AvgIpc) is 2.93. The predicted octanol–water partition coefficient (Wildman–Crippen LogP) is 2.07. The molecule has 0 bridgehead atoms. The zero-order valence-electron chi connectivity index (χ0n) is 11.9. The third-order valence-corrected chi connectivity index (χ3v) is 5.18. The van der Waals surface area contributed by atoms with E-state index in [9.17, 15) is 4.79 Å². The third kappa shape index (κ3) is 4.32. The molecule has 0 aliphatic heterocycles. The van der Waals surface area contributed by atoms with Crippen LogP contribution in [0.25, 0.3) is 0 Å². The van der Waals surface area contributed by atoms with Gasteiger partial charge in [0, 0.05) is 6.04 Å². The number of thiophene rings is 1. The van der Waals surface area contributed by atoms with Gasteiger partial charge in [0.25, 0.3) is 5.91 Å². The molecular weight excluding hydrogens is 256 g/mol. The van der Waals surface area contributed by atoms with Gasteiger partial charge in [-0.3, -0.25) is 4.79 Å². The zero-order valence-corrected chi connectivity index (χ0v) is 12.7. The van der Waals surface area contributed by atoms with E-state index in [0.717, 1.165) is 6.42 Å². The normalized spacial score (nSPS) is 24.9. The van der Waals surface area contributed by atoms with E-state index >= 15 is 0 Å². The van der Waals surface area contributed by atoms with Crippen molar-refractivity contribution < 1.29 is 10.1 Å². The van der Waals surface area contributed by atoms with Gasteiger partial charge in [0.15, 0.2) is 6.54 Å². The van der Waals surface area contributed by atoms with E-state index in [-0.39, 0.29) is 5.91 Å². The third-order valence-electron chi connectivity index (χ3n) is 4.11. The van der Waals surface area contributed by atoms with Gasteiger partial charge < -0.3 is 10.6 Å². The number of nitrogens with two attached hydrogens (primary N) is 1. The first-order valence-electron chi connectivity index (χ1n) is 7.33. The van der Waals surface area contributed by atoms with E-state index in [2.05, 4.69) is 42.0 Å². The molecule has 1 heterocycles. The van der Waals surface area contributed by atoms with Gasteiger partial charge in [-0.25, -0.2) is 0 Å². The molecule has 1 aliphatic carbocycles. The van der Waals surface area contributed by atoms with Crippen molar-refractivity contribution in [3.63, 3.8) is 0 Å². The SMILES string of the molecule is C[C@H]([NH2+]CC(=O)N[C@H]1CCCC[C@@H]1C)c1cccs1. The Kier molecular flexibility index (Phi) is 5.40. The summed E-state index contributed by atoms with van der Waals surface area (Å²) in [7, 11) is 0. The van der Waals surface area contributed by atoms with Gasteiger partial charge in [-0.2, -0.15) is 0 Å². The van der Waals surface area contributed by atoms with E-state index in [1.165, 1.54) is 24.1 Å². The van der Waals surface area contributed by atoms with E-state index in [1.807, 2.05) is 0 Å². The molecule has 1 amide bonds. The maximum absolute atomic E-state index is 12.0. The van der Waals surface area contributed by atoms with E-state index < -0.39 is 0 Å². The largest absolute Gasteiger partial charge is 0.348 e. The van der Waals surface area contributed by atoms with Crippen molar-refractivity contribution >= 4 is 17.2 Å². The minimum atomic E-state index is 0.183. The van der Waals surface area contributed by atoms with Crippen molar-refractivity contribution in [1.29, 1.82) is 0 Å². The van der Waals surface area contributed by atoms with Crippen LogP contribution < -0.4 is 10.6 Å². The molecule has 1 fully saturated rings. The second-order valence-corrected chi connectivity index (χ2v) is 6.66. The van der Waals surface area contributed by atoms with Gasteiger partial charge in [0.05, 0.1) is 4.88 Å². The highest BCUT2D eigenvalue weighted by molar-refractivity contribution is 7.10. The molecule has 0 radical (unpaired) electrons. The van der Waals surface area contributed by atoms with Gasteiger partial charge in [-0.05, 0) is 37.1 Å². The first-order valence-corrected chi connectivity index (χ1v) is 8.21. The quantitative estimate of drug-likeness (QED) is 0.852. The molecule has 106 valence electrons. The van der Waals surface area contributed by atoms with Gasteiger partial charge in [-0.15, -0.1) is 11.3 Å². The lowest BCUT2D eigenvalue weighted by molar-refractivity contribution is -0.682. The van der Waals surface area contributed by atoms with Crippen molar-refractivity contribution in [3.05, 3.63) is 22.4 Å². The molecule has 0 saturated heterocycles. The summed E-state index contributed by atoms with van der Waals surface area (Å²) in [5, 5.41) is 7.41. The topological polar surface area (TPSA) is 45.7 Å². The highest BCUT2D eigenvalue weighted by atomic mass is 32.1. The van der Waals surface area contributed by atoms with Crippen LogP contribution >= 0.6 is 11.3 Å². The predicted molar refractivity (Wildman–Crippen MR) is 79.1 cm³/mol.